The van der Waals surface area contributed by atoms with Crippen LogP contribution >= 0.6 is 11.8 Å². The van der Waals surface area contributed by atoms with E-state index in [1.54, 1.807) is 59.5 Å². The molecule has 164 valence electrons. The number of morpholine rings is 1. The third kappa shape index (κ3) is 5.06. The maximum Gasteiger partial charge on any atom is 0.343 e. The Hall–Kier alpha value is -3.43. The summed E-state index contributed by atoms with van der Waals surface area (Å²) in [5.74, 6) is -0.882. The fraction of sp³-hybridized carbons (Fsp3) is 0.217. The zero-order valence-electron chi connectivity index (χ0n) is 17.1. The average molecular weight is 452 g/mol. The Morgan fingerprint density at radius 3 is 2.38 bits per heavy atom. The van der Waals surface area contributed by atoms with Crippen molar-refractivity contribution in [2.75, 3.05) is 32.8 Å². The van der Waals surface area contributed by atoms with Crippen molar-refractivity contribution in [1.29, 1.82) is 0 Å². The first-order valence-electron chi connectivity index (χ1n) is 9.99. The van der Waals surface area contributed by atoms with Crippen LogP contribution in [0, 0.1) is 0 Å². The Morgan fingerprint density at radius 1 is 1.00 bits per heavy atom. The van der Waals surface area contributed by atoms with Crippen molar-refractivity contribution < 1.29 is 28.7 Å². The highest BCUT2D eigenvalue weighted by molar-refractivity contribution is 8.18. The van der Waals surface area contributed by atoms with Gasteiger partial charge in [-0.2, -0.15) is 0 Å². The van der Waals surface area contributed by atoms with E-state index in [2.05, 4.69) is 0 Å². The van der Waals surface area contributed by atoms with Gasteiger partial charge in [0.25, 0.3) is 11.1 Å². The molecule has 0 bridgehead atoms. The van der Waals surface area contributed by atoms with Gasteiger partial charge in [0.05, 0.1) is 23.7 Å². The molecule has 2 heterocycles. The Morgan fingerprint density at radius 2 is 1.69 bits per heavy atom. The molecule has 0 aromatic heterocycles. The van der Waals surface area contributed by atoms with Gasteiger partial charge >= 0.3 is 5.97 Å². The first-order valence-corrected chi connectivity index (χ1v) is 10.8. The average Bonchev–Trinajstić information content (AvgIpc) is 3.08. The van der Waals surface area contributed by atoms with Crippen molar-refractivity contribution in [3.8, 4) is 5.75 Å². The van der Waals surface area contributed by atoms with Crippen LogP contribution in [0.25, 0.3) is 6.08 Å². The van der Waals surface area contributed by atoms with E-state index in [1.165, 1.54) is 0 Å². The first kappa shape index (κ1) is 21.8. The fourth-order valence-corrected chi connectivity index (χ4v) is 4.05. The number of carbonyl (C=O) groups excluding carboxylic acids is 4. The summed E-state index contributed by atoms with van der Waals surface area (Å²) in [7, 11) is 0. The van der Waals surface area contributed by atoms with Gasteiger partial charge in [0.15, 0.2) is 0 Å². The highest BCUT2D eigenvalue weighted by atomic mass is 32.2. The van der Waals surface area contributed by atoms with Crippen LogP contribution in [0.1, 0.15) is 15.9 Å². The third-order valence-electron chi connectivity index (χ3n) is 4.93. The van der Waals surface area contributed by atoms with Crippen LogP contribution in [0.4, 0.5) is 4.79 Å². The van der Waals surface area contributed by atoms with Gasteiger partial charge in [0, 0.05) is 13.1 Å². The van der Waals surface area contributed by atoms with Crippen molar-refractivity contribution in [3.63, 3.8) is 0 Å². The standard InChI is InChI=1S/C23H20N2O6S/c26-20(24-10-12-30-13-11-24)15-25-21(27)19(32-23(25)29)14-16-6-8-18(9-7-16)31-22(28)17-4-2-1-3-5-17/h1-9,14H,10-13,15H2/b19-14-. The second kappa shape index (κ2) is 9.80. The minimum Gasteiger partial charge on any atom is -0.423 e. The van der Waals surface area contributed by atoms with E-state index >= 15 is 0 Å². The number of imide groups is 1. The predicted octanol–water partition coefficient (Wildman–Crippen LogP) is 2.80. The van der Waals surface area contributed by atoms with Gasteiger partial charge in [-0.15, -0.1) is 0 Å². The normalized spacial score (nSPS) is 17.7. The molecule has 0 atom stereocenters. The largest absolute Gasteiger partial charge is 0.423 e. The molecular formula is C23H20N2O6S. The molecule has 3 amide bonds. The number of esters is 1. The summed E-state index contributed by atoms with van der Waals surface area (Å²) >= 11 is 0.795. The van der Waals surface area contributed by atoms with Gasteiger partial charge < -0.3 is 14.4 Å². The smallest absolute Gasteiger partial charge is 0.343 e. The summed E-state index contributed by atoms with van der Waals surface area (Å²) in [4.78, 5) is 52.3. The zero-order valence-corrected chi connectivity index (χ0v) is 17.9. The lowest BCUT2D eigenvalue weighted by Gasteiger charge is -2.28. The van der Waals surface area contributed by atoms with Crippen LogP contribution in [-0.2, 0) is 14.3 Å². The van der Waals surface area contributed by atoms with Gasteiger partial charge in [-0.1, -0.05) is 30.3 Å². The lowest BCUT2D eigenvalue weighted by Crippen LogP contribution is -2.46. The summed E-state index contributed by atoms with van der Waals surface area (Å²) in [6.07, 6.45) is 1.58. The topological polar surface area (TPSA) is 93.2 Å². The van der Waals surface area contributed by atoms with Gasteiger partial charge in [-0.25, -0.2) is 4.79 Å². The quantitative estimate of drug-likeness (QED) is 0.391. The Labute approximate surface area is 188 Å². The number of thioether (sulfide) groups is 1. The molecule has 0 unspecified atom stereocenters. The highest BCUT2D eigenvalue weighted by Gasteiger charge is 2.37. The number of ether oxygens (including phenoxy) is 2. The molecule has 2 saturated heterocycles. The second-order valence-electron chi connectivity index (χ2n) is 7.09. The SMILES string of the molecule is O=C(Oc1ccc(/C=C2\SC(=O)N(CC(=O)N3CCOCC3)C2=O)cc1)c1ccccc1. The molecular weight excluding hydrogens is 432 g/mol. The lowest BCUT2D eigenvalue weighted by molar-refractivity contribution is -0.139. The molecule has 0 aliphatic carbocycles. The van der Waals surface area contributed by atoms with Gasteiger partial charge in [0.2, 0.25) is 5.91 Å². The molecule has 4 rings (SSSR count). The van der Waals surface area contributed by atoms with Gasteiger partial charge in [-0.05, 0) is 47.7 Å². The van der Waals surface area contributed by atoms with Crippen LogP contribution in [0.5, 0.6) is 5.75 Å². The summed E-state index contributed by atoms with van der Waals surface area (Å²) in [5.41, 5.74) is 1.10. The van der Waals surface area contributed by atoms with Crippen LogP contribution in [0.15, 0.2) is 59.5 Å². The lowest BCUT2D eigenvalue weighted by atomic mass is 10.2. The predicted molar refractivity (Wildman–Crippen MR) is 118 cm³/mol. The van der Waals surface area contributed by atoms with E-state index in [9.17, 15) is 19.2 Å². The molecule has 32 heavy (non-hydrogen) atoms. The summed E-state index contributed by atoms with van der Waals surface area (Å²) < 4.78 is 10.6. The van der Waals surface area contributed by atoms with Crippen molar-refractivity contribution in [1.82, 2.24) is 9.80 Å². The van der Waals surface area contributed by atoms with Crippen molar-refractivity contribution in [2.24, 2.45) is 0 Å². The summed E-state index contributed by atoms with van der Waals surface area (Å²) in [6.45, 7) is 1.52. The van der Waals surface area contributed by atoms with Crippen LogP contribution in [0.3, 0.4) is 0 Å². The van der Waals surface area contributed by atoms with E-state index < -0.39 is 17.1 Å². The summed E-state index contributed by atoms with van der Waals surface area (Å²) in [5, 5.41) is -0.476. The van der Waals surface area contributed by atoms with Gasteiger partial charge in [0.1, 0.15) is 12.3 Å². The van der Waals surface area contributed by atoms with E-state index in [4.69, 9.17) is 9.47 Å². The molecule has 2 aromatic carbocycles. The molecule has 0 N–H and O–H groups in total. The molecule has 8 nitrogen and oxygen atoms in total. The Bertz CT molecular complexity index is 1060. The van der Waals surface area contributed by atoms with E-state index in [0.29, 0.717) is 43.2 Å². The molecule has 0 saturated carbocycles. The molecule has 2 aromatic rings. The molecule has 2 aliphatic heterocycles. The molecule has 2 fully saturated rings. The van der Waals surface area contributed by atoms with Crippen LogP contribution < -0.4 is 4.74 Å². The van der Waals surface area contributed by atoms with Crippen LogP contribution in [0.2, 0.25) is 0 Å². The third-order valence-corrected chi connectivity index (χ3v) is 5.84. The minimum absolute atomic E-state index is 0.235. The number of benzene rings is 2. The van der Waals surface area contributed by atoms with E-state index in [1.807, 2.05) is 6.07 Å². The monoisotopic (exact) mass is 452 g/mol. The number of nitrogens with zero attached hydrogens (tertiary/aromatic N) is 2. The molecule has 0 spiro atoms. The van der Waals surface area contributed by atoms with Crippen molar-refractivity contribution in [2.45, 2.75) is 0 Å². The maximum absolute atomic E-state index is 12.7. The molecule has 9 heteroatoms. The van der Waals surface area contributed by atoms with Crippen LogP contribution in [-0.4, -0.2) is 65.7 Å². The molecule has 2 aliphatic rings. The number of hydrogen-bond donors (Lipinski definition) is 0. The molecule has 0 radical (unpaired) electrons. The zero-order chi connectivity index (χ0) is 22.5. The van der Waals surface area contributed by atoms with Gasteiger partial charge in [-0.3, -0.25) is 19.3 Å². The number of hydrogen-bond acceptors (Lipinski definition) is 7. The van der Waals surface area contributed by atoms with E-state index in [-0.39, 0.29) is 17.4 Å². The Balaban J connectivity index is 1.39. The maximum atomic E-state index is 12.7. The number of carbonyl (C=O) groups is 4. The number of amides is 3. The highest BCUT2D eigenvalue weighted by Crippen LogP contribution is 2.32. The van der Waals surface area contributed by atoms with E-state index in [0.717, 1.165) is 16.7 Å². The Kier molecular flexibility index (Phi) is 6.67. The van der Waals surface area contributed by atoms with Crippen molar-refractivity contribution in [3.05, 3.63) is 70.6 Å². The fourth-order valence-electron chi connectivity index (χ4n) is 3.21. The minimum atomic E-state index is -0.499. The summed E-state index contributed by atoms with van der Waals surface area (Å²) in [6, 6.07) is 15.2. The number of rotatable bonds is 5. The van der Waals surface area contributed by atoms with Crippen molar-refractivity contribution >= 4 is 40.9 Å². The second-order valence-corrected chi connectivity index (χ2v) is 8.08. The first-order chi connectivity index (χ1) is 15.5.